The number of fused-ring (bicyclic) bond motifs is 5. The van der Waals surface area contributed by atoms with E-state index in [1.165, 1.54) is 22.5 Å². The number of phenols is 2. The zero-order chi connectivity index (χ0) is 19.6. The van der Waals surface area contributed by atoms with Crippen LogP contribution in [0.2, 0.25) is 0 Å². The normalized spacial score (nSPS) is 13.1. The van der Waals surface area contributed by atoms with Crippen LogP contribution in [-0.4, -0.2) is 29.5 Å². The van der Waals surface area contributed by atoms with E-state index < -0.39 is 0 Å². The molecular formula is C22H22N4O2. The molecule has 1 aliphatic rings. The second kappa shape index (κ2) is 5.86. The predicted octanol–water partition coefficient (Wildman–Crippen LogP) is 4.06. The summed E-state index contributed by atoms with van der Waals surface area (Å²) in [4.78, 5) is 0. The highest BCUT2D eigenvalue weighted by molar-refractivity contribution is 5.87. The number of aromatic nitrogens is 4. The minimum atomic E-state index is 0.00464. The molecule has 0 fully saturated rings. The number of benzene rings is 2. The van der Waals surface area contributed by atoms with Gasteiger partial charge in [0.15, 0.2) is 5.82 Å². The molecule has 0 amide bonds. The monoisotopic (exact) mass is 374 g/mol. The van der Waals surface area contributed by atoms with Gasteiger partial charge in [-0.05, 0) is 47.7 Å². The average molecular weight is 374 g/mol. The van der Waals surface area contributed by atoms with Crippen LogP contribution in [0.1, 0.15) is 36.7 Å². The molecular weight excluding hydrogens is 352 g/mol. The maximum Gasteiger partial charge on any atom is 0.172 e. The van der Waals surface area contributed by atoms with E-state index in [9.17, 15) is 10.2 Å². The third kappa shape index (κ3) is 2.27. The molecule has 2 N–H and O–H groups in total. The van der Waals surface area contributed by atoms with Crippen molar-refractivity contribution in [1.29, 1.82) is 0 Å². The molecule has 0 unspecified atom stereocenters. The predicted molar refractivity (Wildman–Crippen MR) is 108 cm³/mol. The quantitative estimate of drug-likeness (QED) is 0.555. The molecule has 1 aliphatic heterocycles. The number of aromatic hydroxyl groups is 2. The zero-order valence-electron chi connectivity index (χ0n) is 16.1. The van der Waals surface area contributed by atoms with E-state index in [1.54, 1.807) is 0 Å². The van der Waals surface area contributed by atoms with Gasteiger partial charge in [-0.25, -0.2) is 0 Å². The van der Waals surface area contributed by atoms with Crippen LogP contribution >= 0.6 is 0 Å². The van der Waals surface area contributed by atoms with Gasteiger partial charge in [0.2, 0.25) is 0 Å². The Balaban J connectivity index is 1.77. The van der Waals surface area contributed by atoms with Crippen LogP contribution in [0.5, 0.6) is 11.5 Å². The molecule has 4 aromatic rings. The summed E-state index contributed by atoms with van der Waals surface area (Å²) in [5.74, 6) is 1.72. The highest BCUT2D eigenvalue weighted by Crippen LogP contribution is 2.40. The van der Waals surface area contributed by atoms with Crippen LogP contribution in [0, 0.1) is 0 Å². The smallest absolute Gasteiger partial charge is 0.172 e. The van der Waals surface area contributed by atoms with Gasteiger partial charge in [-0.2, -0.15) is 0 Å². The van der Waals surface area contributed by atoms with Gasteiger partial charge in [-0.3, -0.25) is 4.57 Å². The van der Waals surface area contributed by atoms with Gasteiger partial charge < -0.3 is 14.8 Å². The summed E-state index contributed by atoms with van der Waals surface area (Å²) >= 11 is 0. The van der Waals surface area contributed by atoms with Crippen LogP contribution in [0.25, 0.3) is 28.0 Å². The fourth-order valence-electron chi connectivity index (χ4n) is 4.25. The second-order valence-corrected chi connectivity index (χ2v) is 7.78. The fourth-order valence-corrected chi connectivity index (χ4v) is 4.25. The van der Waals surface area contributed by atoms with E-state index in [4.69, 9.17) is 0 Å². The molecule has 5 rings (SSSR count). The Hall–Kier alpha value is -3.28. The van der Waals surface area contributed by atoms with Crippen LogP contribution in [0.3, 0.4) is 0 Å². The summed E-state index contributed by atoms with van der Waals surface area (Å²) in [5, 5.41) is 30.8. The largest absolute Gasteiger partial charge is 0.508 e. The molecule has 0 atom stereocenters. The van der Waals surface area contributed by atoms with Crippen molar-refractivity contribution in [1.82, 2.24) is 19.3 Å². The first-order valence-corrected chi connectivity index (χ1v) is 9.53. The zero-order valence-corrected chi connectivity index (χ0v) is 16.1. The van der Waals surface area contributed by atoms with Crippen LogP contribution in [0.15, 0.2) is 36.5 Å². The van der Waals surface area contributed by atoms with Gasteiger partial charge in [0.1, 0.15) is 17.3 Å². The van der Waals surface area contributed by atoms with E-state index >= 15 is 0 Å². The third-order valence-corrected chi connectivity index (χ3v) is 5.73. The lowest BCUT2D eigenvalue weighted by atomic mass is 9.97. The summed E-state index contributed by atoms with van der Waals surface area (Å²) in [7, 11) is 2.05. The van der Waals surface area contributed by atoms with Crippen molar-refractivity contribution >= 4 is 10.9 Å². The van der Waals surface area contributed by atoms with Gasteiger partial charge in [0.05, 0.1) is 11.3 Å². The summed E-state index contributed by atoms with van der Waals surface area (Å²) < 4.78 is 4.17. The highest BCUT2D eigenvalue weighted by Gasteiger charge is 2.26. The van der Waals surface area contributed by atoms with Crippen molar-refractivity contribution in [2.24, 2.45) is 7.05 Å². The van der Waals surface area contributed by atoms with Crippen molar-refractivity contribution in [3.05, 3.63) is 53.5 Å². The maximum atomic E-state index is 10.5. The van der Waals surface area contributed by atoms with E-state index in [1.807, 2.05) is 24.5 Å². The van der Waals surface area contributed by atoms with Gasteiger partial charge in [0.25, 0.3) is 0 Å². The maximum absolute atomic E-state index is 10.5. The van der Waals surface area contributed by atoms with E-state index in [0.717, 1.165) is 29.9 Å². The van der Waals surface area contributed by atoms with E-state index in [2.05, 4.69) is 46.2 Å². The Bertz CT molecular complexity index is 1230. The van der Waals surface area contributed by atoms with Crippen molar-refractivity contribution in [2.75, 3.05) is 0 Å². The third-order valence-electron chi connectivity index (χ3n) is 5.73. The summed E-state index contributed by atoms with van der Waals surface area (Å²) in [6.45, 7) is 4.02. The minimum Gasteiger partial charge on any atom is -0.508 e. The first-order chi connectivity index (χ1) is 13.5. The van der Waals surface area contributed by atoms with Crippen LogP contribution < -0.4 is 0 Å². The molecule has 142 valence electrons. The van der Waals surface area contributed by atoms with Crippen molar-refractivity contribution in [3.8, 4) is 28.6 Å². The second-order valence-electron chi connectivity index (χ2n) is 7.78. The Labute approximate surface area is 162 Å². The Kier molecular flexibility index (Phi) is 3.53. The lowest BCUT2D eigenvalue weighted by Crippen LogP contribution is -2.13. The number of rotatable bonds is 2. The van der Waals surface area contributed by atoms with E-state index in [-0.39, 0.29) is 17.4 Å². The number of hydrogen-bond acceptors (Lipinski definition) is 4. The van der Waals surface area contributed by atoms with Crippen molar-refractivity contribution < 1.29 is 10.2 Å². The Morgan fingerprint density at radius 1 is 1.00 bits per heavy atom. The summed E-state index contributed by atoms with van der Waals surface area (Å²) in [5.41, 5.74) is 4.89. The highest BCUT2D eigenvalue weighted by atomic mass is 16.3. The van der Waals surface area contributed by atoms with Gasteiger partial charge in [-0.1, -0.05) is 13.8 Å². The standard InChI is InChI=1S/C22H22N4O2/c1-12(2)15-10-16(20(28)11-19(15)27)22-24-23-21-7-4-13-14-8-9-25(3)17(14)5-6-18(13)26(21)22/h5-6,8-12,27-28H,4,7H2,1-3H3. The summed E-state index contributed by atoms with van der Waals surface area (Å²) in [6.07, 6.45) is 3.78. The van der Waals surface area contributed by atoms with Crippen LogP contribution in [0.4, 0.5) is 0 Å². The molecule has 6 heteroatoms. The number of phenolic OH excluding ortho intramolecular Hbond substituents is 2. The van der Waals surface area contributed by atoms with Gasteiger partial charge in [0, 0.05) is 36.6 Å². The molecule has 2 aromatic heterocycles. The summed E-state index contributed by atoms with van der Waals surface area (Å²) in [6, 6.07) is 9.59. The van der Waals surface area contributed by atoms with Gasteiger partial charge in [-0.15, -0.1) is 10.2 Å². The first-order valence-electron chi connectivity index (χ1n) is 9.53. The lowest BCUT2D eigenvalue weighted by Gasteiger charge is -2.21. The van der Waals surface area contributed by atoms with Crippen molar-refractivity contribution in [2.45, 2.75) is 32.6 Å². The van der Waals surface area contributed by atoms with Gasteiger partial charge >= 0.3 is 0 Å². The van der Waals surface area contributed by atoms with Crippen LogP contribution in [-0.2, 0) is 19.9 Å². The van der Waals surface area contributed by atoms with Crippen molar-refractivity contribution in [3.63, 3.8) is 0 Å². The minimum absolute atomic E-state index is 0.00464. The SMILES string of the molecule is CC(C)c1cc(-c2nnc3n2-c2ccc4c(ccn4C)c2CC3)c(O)cc1O. The first kappa shape index (κ1) is 16.9. The number of hydrogen-bond donors (Lipinski definition) is 2. The van der Waals surface area contributed by atoms with E-state index in [0.29, 0.717) is 11.4 Å². The molecule has 0 aliphatic carbocycles. The lowest BCUT2D eigenvalue weighted by molar-refractivity contribution is 0.444. The molecule has 2 aromatic carbocycles. The topological polar surface area (TPSA) is 76.1 Å². The average Bonchev–Trinajstić information content (AvgIpc) is 3.25. The number of aryl methyl sites for hydroxylation is 3. The molecule has 0 saturated carbocycles. The molecule has 3 heterocycles. The molecule has 28 heavy (non-hydrogen) atoms. The molecule has 0 spiro atoms. The molecule has 0 bridgehead atoms. The Morgan fingerprint density at radius 2 is 1.82 bits per heavy atom. The number of nitrogens with zero attached hydrogens (tertiary/aromatic N) is 4. The Morgan fingerprint density at radius 3 is 2.61 bits per heavy atom. The molecule has 6 nitrogen and oxygen atoms in total. The molecule has 0 radical (unpaired) electrons. The fraction of sp³-hybridized carbons (Fsp3) is 0.273. The molecule has 0 saturated heterocycles.